The number of thiazole rings is 1. The Kier molecular flexibility index (Phi) is 5.56. The minimum Gasteiger partial charge on any atom is -0.497 e. The molecule has 1 N–H and O–H groups in total. The number of benzene rings is 1. The molecule has 124 valence electrons. The zero-order valence-corrected chi connectivity index (χ0v) is 14.2. The maximum Gasteiger partial charge on any atom is 0.311 e. The Labute approximate surface area is 138 Å². The van der Waals surface area contributed by atoms with Gasteiger partial charge in [0.15, 0.2) is 5.13 Å². The van der Waals surface area contributed by atoms with E-state index < -0.39 is 10.0 Å². The van der Waals surface area contributed by atoms with Crippen LogP contribution in [0.2, 0.25) is 0 Å². The quantitative estimate of drug-likeness (QED) is 0.763. The molecular formula is C14H16N2O5S2. The fourth-order valence-electron chi connectivity index (χ4n) is 1.72. The second kappa shape index (κ2) is 7.42. The summed E-state index contributed by atoms with van der Waals surface area (Å²) in [6.07, 6.45) is 1.52. The summed E-state index contributed by atoms with van der Waals surface area (Å²) in [5.41, 5.74) is 0. The highest BCUT2D eigenvalue weighted by molar-refractivity contribution is 7.93. The van der Waals surface area contributed by atoms with Crippen LogP contribution in [0, 0.1) is 0 Å². The van der Waals surface area contributed by atoms with Crippen molar-refractivity contribution in [2.45, 2.75) is 18.2 Å². The predicted molar refractivity (Wildman–Crippen MR) is 86.3 cm³/mol. The number of esters is 1. The van der Waals surface area contributed by atoms with Gasteiger partial charge in [-0.2, -0.15) is 0 Å². The number of hydrogen-bond acceptors (Lipinski definition) is 7. The topological polar surface area (TPSA) is 94.6 Å². The second-order valence-corrected chi connectivity index (χ2v) is 7.19. The zero-order chi connectivity index (χ0) is 16.9. The molecule has 0 saturated carbocycles. The number of ether oxygens (including phenoxy) is 2. The predicted octanol–water partition coefficient (Wildman–Crippen LogP) is 2.06. The first-order chi connectivity index (χ1) is 10.9. The van der Waals surface area contributed by atoms with Crippen LogP contribution in [0.4, 0.5) is 5.13 Å². The highest BCUT2D eigenvalue weighted by atomic mass is 32.2. The van der Waals surface area contributed by atoms with Gasteiger partial charge < -0.3 is 9.47 Å². The number of methoxy groups -OCH3 is 1. The summed E-state index contributed by atoms with van der Waals surface area (Å²) in [5.74, 6) is 0.190. The van der Waals surface area contributed by atoms with Crippen LogP contribution in [0.3, 0.4) is 0 Å². The van der Waals surface area contributed by atoms with Crippen molar-refractivity contribution in [1.82, 2.24) is 4.98 Å². The minimum atomic E-state index is -3.74. The van der Waals surface area contributed by atoms with E-state index in [9.17, 15) is 13.2 Å². The van der Waals surface area contributed by atoms with E-state index in [1.807, 2.05) is 0 Å². The summed E-state index contributed by atoms with van der Waals surface area (Å²) in [6.45, 7) is 2.02. The minimum absolute atomic E-state index is 0.0652. The molecular weight excluding hydrogens is 340 g/mol. The highest BCUT2D eigenvalue weighted by Gasteiger charge is 2.17. The van der Waals surface area contributed by atoms with Gasteiger partial charge in [0.1, 0.15) is 5.75 Å². The summed E-state index contributed by atoms with van der Waals surface area (Å²) >= 11 is 1.09. The first-order valence-electron chi connectivity index (χ1n) is 6.72. The van der Waals surface area contributed by atoms with Gasteiger partial charge in [-0.1, -0.05) is 0 Å². The molecule has 0 fully saturated rings. The van der Waals surface area contributed by atoms with E-state index in [4.69, 9.17) is 9.47 Å². The number of aromatic nitrogens is 1. The molecule has 0 bridgehead atoms. The van der Waals surface area contributed by atoms with Crippen LogP contribution in [0.25, 0.3) is 0 Å². The van der Waals surface area contributed by atoms with E-state index in [1.165, 1.54) is 25.4 Å². The monoisotopic (exact) mass is 356 g/mol. The van der Waals surface area contributed by atoms with Crippen molar-refractivity contribution < 1.29 is 22.7 Å². The average Bonchev–Trinajstić information content (AvgIpc) is 2.93. The zero-order valence-electron chi connectivity index (χ0n) is 12.6. The van der Waals surface area contributed by atoms with Crippen molar-refractivity contribution in [3.63, 3.8) is 0 Å². The lowest BCUT2D eigenvalue weighted by molar-refractivity contribution is -0.142. The molecule has 2 aromatic rings. The summed E-state index contributed by atoms with van der Waals surface area (Å²) in [5, 5.41) is 0.195. The van der Waals surface area contributed by atoms with Crippen LogP contribution in [-0.4, -0.2) is 33.1 Å². The maximum atomic E-state index is 12.3. The van der Waals surface area contributed by atoms with Crippen molar-refractivity contribution in [1.29, 1.82) is 0 Å². The fraction of sp³-hybridized carbons (Fsp3) is 0.286. The number of hydrogen-bond donors (Lipinski definition) is 1. The number of rotatable bonds is 7. The Morgan fingerprint density at radius 1 is 1.30 bits per heavy atom. The molecule has 0 spiro atoms. The van der Waals surface area contributed by atoms with Crippen molar-refractivity contribution in [2.75, 3.05) is 18.4 Å². The summed E-state index contributed by atoms with van der Waals surface area (Å²) in [7, 11) is -2.24. The Balaban J connectivity index is 2.08. The largest absolute Gasteiger partial charge is 0.497 e. The number of anilines is 1. The standard InChI is InChI=1S/C14H16N2O5S2/c1-3-21-13(17)8-11-9-15-14(22-11)16-23(18,19)12-6-4-10(20-2)5-7-12/h4-7,9H,3,8H2,1-2H3,(H,15,16). The van der Waals surface area contributed by atoms with Gasteiger partial charge in [-0.3, -0.25) is 9.52 Å². The summed E-state index contributed by atoms with van der Waals surface area (Å²) in [6, 6.07) is 5.99. The van der Waals surface area contributed by atoms with E-state index >= 15 is 0 Å². The molecule has 9 heteroatoms. The molecule has 1 aromatic carbocycles. The SMILES string of the molecule is CCOC(=O)Cc1cnc(NS(=O)(=O)c2ccc(OC)cc2)s1. The van der Waals surface area contributed by atoms with E-state index in [0.29, 0.717) is 17.2 Å². The fourth-order valence-corrected chi connectivity index (χ4v) is 3.76. The molecule has 0 aliphatic rings. The summed E-state index contributed by atoms with van der Waals surface area (Å²) in [4.78, 5) is 16.1. The Morgan fingerprint density at radius 3 is 2.61 bits per heavy atom. The molecule has 0 amide bonds. The van der Waals surface area contributed by atoms with Crippen LogP contribution in [-0.2, 0) is 26.0 Å². The van der Waals surface area contributed by atoms with Gasteiger partial charge in [-0.25, -0.2) is 13.4 Å². The third-order valence-corrected chi connectivity index (χ3v) is 5.17. The normalized spacial score (nSPS) is 11.0. The van der Waals surface area contributed by atoms with Gasteiger partial charge in [0.25, 0.3) is 10.0 Å². The van der Waals surface area contributed by atoms with E-state index in [1.54, 1.807) is 19.1 Å². The van der Waals surface area contributed by atoms with E-state index in [2.05, 4.69) is 9.71 Å². The summed E-state index contributed by atoms with van der Waals surface area (Å²) < 4.78 is 36.7. The molecule has 1 heterocycles. The Bertz CT molecular complexity index is 769. The van der Waals surface area contributed by atoms with Gasteiger partial charge in [0, 0.05) is 11.1 Å². The first-order valence-corrected chi connectivity index (χ1v) is 9.01. The average molecular weight is 356 g/mol. The Morgan fingerprint density at radius 2 is 2.00 bits per heavy atom. The number of carbonyl (C=O) groups is 1. The second-order valence-electron chi connectivity index (χ2n) is 4.39. The molecule has 1 aromatic heterocycles. The lowest BCUT2D eigenvalue weighted by Crippen LogP contribution is -2.12. The lowest BCUT2D eigenvalue weighted by Gasteiger charge is -2.06. The molecule has 2 rings (SSSR count). The van der Waals surface area contributed by atoms with Crippen LogP contribution < -0.4 is 9.46 Å². The first kappa shape index (κ1) is 17.2. The van der Waals surface area contributed by atoms with Crippen LogP contribution >= 0.6 is 11.3 Å². The number of nitrogens with zero attached hydrogens (tertiary/aromatic N) is 1. The van der Waals surface area contributed by atoms with Crippen LogP contribution in [0.15, 0.2) is 35.4 Å². The van der Waals surface area contributed by atoms with Crippen molar-refractivity contribution in [3.05, 3.63) is 35.3 Å². The van der Waals surface area contributed by atoms with Gasteiger partial charge in [0.05, 0.1) is 25.0 Å². The smallest absolute Gasteiger partial charge is 0.311 e. The molecule has 0 aliphatic heterocycles. The van der Waals surface area contributed by atoms with Gasteiger partial charge >= 0.3 is 5.97 Å². The molecule has 0 aliphatic carbocycles. The molecule has 0 atom stereocenters. The van der Waals surface area contributed by atoms with Crippen molar-refractivity contribution in [2.24, 2.45) is 0 Å². The van der Waals surface area contributed by atoms with Gasteiger partial charge in [-0.15, -0.1) is 11.3 Å². The van der Waals surface area contributed by atoms with Crippen LogP contribution in [0.5, 0.6) is 5.75 Å². The molecule has 7 nitrogen and oxygen atoms in total. The number of carbonyl (C=O) groups excluding carboxylic acids is 1. The van der Waals surface area contributed by atoms with Crippen LogP contribution in [0.1, 0.15) is 11.8 Å². The Hall–Kier alpha value is -2.13. The molecule has 0 saturated heterocycles. The third-order valence-electron chi connectivity index (χ3n) is 2.77. The lowest BCUT2D eigenvalue weighted by atomic mass is 10.3. The molecule has 23 heavy (non-hydrogen) atoms. The third kappa shape index (κ3) is 4.67. The molecule has 0 unspecified atom stereocenters. The van der Waals surface area contributed by atoms with Gasteiger partial charge in [-0.05, 0) is 31.2 Å². The van der Waals surface area contributed by atoms with E-state index in [-0.39, 0.29) is 22.4 Å². The maximum absolute atomic E-state index is 12.3. The number of sulfonamides is 1. The van der Waals surface area contributed by atoms with Gasteiger partial charge in [0.2, 0.25) is 0 Å². The highest BCUT2D eigenvalue weighted by Crippen LogP contribution is 2.23. The van der Waals surface area contributed by atoms with E-state index in [0.717, 1.165) is 11.3 Å². The number of nitrogens with one attached hydrogen (secondary N) is 1. The molecule has 0 radical (unpaired) electrons. The van der Waals surface area contributed by atoms with Crippen molar-refractivity contribution >= 4 is 32.5 Å². The van der Waals surface area contributed by atoms with Crippen molar-refractivity contribution in [3.8, 4) is 5.75 Å².